The number of carbonyl (C=O) groups excluding carboxylic acids is 2. The van der Waals surface area contributed by atoms with Crippen LogP contribution in [0.5, 0.6) is 0 Å². The second-order valence-electron chi connectivity index (χ2n) is 8.20. The zero-order chi connectivity index (χ0) is 26.5. The predicted molar refractivity (Wildman–Crippen MR) is 133 cm³/mol. The highest BCUT2D eigenvalue weighted by molar-refractivity contribution is 7.92. The van der Waals surface area contributed by atoms with Crippen LogP contribution in [0.2, 0.25) is 0 Å². The number of hydrogen-bond acceptors (Lipinski definition) is 4. The molecule has 0 spiro atoms. The monoisotopic (exact) mass is 515 g/mol. The lowest BCUT2D eigenvalue weighted by molar-refractivity contribution is -0.139. The Balaban J connectivity index is 2.03. The predicted octanol–water partition coefficient (Wildman–Crippen LogP) is 3.63. The van der Waals surface area contributed by atoms with Gasteiger partial charge in [0.1, 0.15) is 24.2 Å². The third-order valence-corrected chi connectivity index (χ3v) is 7.50. The molecule has 3 rings (SSSR count). The Bertz CT molecular complexity index is 1330. The molecule has 10 heteroatoms. The van der Waals surface area contributed by atoms with Crippen molar-refractivity contribution in [3.63, 3.8) is 0 Å². The van der Waals surface area contributed by atoms with Gasteiger partial charge >= 0.3 is 0 Å². The first-order chi connectivity index (χ1) is 17.0. The van der Waals surface area contributed by atoms with Crippen LogP contribution in [0.25, 0.3) is 0 Å². The molecular formula is C26H27F2N3O4S. The minimum Gasteiger partial charge on any atom is -0.357 e. The number of rotatable bonds is 9. The number of sulfonamides is 1. The molecule has 0 aromatic heterocycles. The summed E-state index contributed by atoms with van der Waals surface area (Å²) in [5, 5.41) is 2.45. The lowest BCUT2D eigenvalue weighted by Gasteiger charge is -2.31. The van der Waals surface area contributed by atoms with Gasteiger partial charge < -0.3 is 10.2 Å². The Morgan fingerprint density at radius 3 is 2.14 bits per heavy atom. The smallest absolute Gasteiger partial charge is 0.264 e. The molecule has 190 valence electrons. The molecule has 0 aliphatic carbocycles. The van der Waals surface area contributed by atoms with Gasteiger partial charge in [-0.05, 0) is 56.3 Å². The molecule has 3 aromatic carbocycles. The molecule has 0 radical (unpaired) electrons. The molecule has 0 fully saturated rings. The molecule has 36 heavy (non-hydrogen) atoms. The van der Waals surface area contributed by atoms with Crippen LogP contribution in [0.3, 0.4) is 0 Å². The van der Waals surface area contributed by atoms with Gasteiger partial charge in [0, 0.05) is 19.2 Å². The largest absolute Gasteiger partial charge is 0.357 e. The molecular weight excluding hydrogens is 488 g/mol. The molecule has 0 saturated heterocycles. The molecule has 1 atom stereocenters. The van der Waals surface area contributed by atoms with Crippen molar-refractivity contribution in [3.05, 3.63) is 95.6 Å². The number of anilines is 1. The zero-order valence-electron chi connectivity index (χ0n) is 20.1. The number of amides is 2. The van der Waals surface area contributed by atoms with Crippen molar-refractivity contribution in [2.45, 2.75) is 31.3 Å². The van der Waals surface area contributed by atoms with E-state index in [0.29, 0.717) is 0 Å². The van der Waals surface area contributed by atoms with Crippen molar-refractivity contribution in [1.82, 2.24) is 10.2 Å². The minimum absolute atomic E-state index is 0.0590. The maximum absolute atomic E-state index is 14.4. The maximum Gasteiger partial charge on any atom is 0.264 e. The number of hydrogen-bond donors (Lipinski definition) is 1. The van der Waals surface area contributed by atoms with Gasteiger partial charge in [-0.2, -0.15) is 0 Å². The van der Waals surface area contributed by atoms with E-state index in [1.54, 1.807) is 25.1 Å². The highest BCUT2D eigenvalue weighted by Crippen LogP contribution is 2.25. The molecule has 1 N–H and O–H groups in total. The van der Waals surface area contributed by atoms with E-state index in [2.05, 4.69) is 5.32 Å². The van der Waals surface area contributed by atoms with Gasteiger partial charge in [0.15, 0.2) is 0 Å². The van der Waals surface area contributed by atoms with Crippen molar-refractivity contribution in [3.8, 4) is 0 Å². The molecule has 1 unspecified atom stereocenters. The Hall–Kier alpha value is -3.79. The van der Waals surface area contributed by atoms with Crippen LogP contribution >= 0.6 is 0 Å². The van der Waals surface area contributed by atoms with Crippen LogP contribution in [-0.4, -0.2) is 44.8 Å². The van der Waals surface area contributed by atoms with Crippen LogP contribution < -0.4 is 9.62 Å². The van der Waals surface area contributed by atoms with Crippen LogP contribution in [0.15, 0.2) is 77.7 Å². The Morgan fingerprint density at radius 1 is 0.944 bits per heavy atom. The summed E-state index contributed by atoms with van der Waals surface area (Å²) in [6, 6.07) is 15.5. The lowest BCUT2D eigenvalue weighted by atomic mass is 10.1. The van der Waals surface area contributed by atoms with Gasteiger partial charge in [0.25, 0.3) is 10.0 Å². The summed E-state index contributed by atoms with van der Waals surface area (Å²) in [4.78, 5) is 27.0. The van der Waals surface area contributed by atoms with Gasteiger partial charge in [-0.1, -0.05) is 35.9 Å². The van der Waals surface area contributed by atoms with Crippen LogP contribution in [0.1, 0.15) is 18.1 Å². The van der Waals surface area contributed by atoms with E-state index in [1.165, 1.54) is 56.4 Å². The summed E-state index contributed by atoms with van der Waals surface area (Å²) in [5.74, 6) is -2.39. The summed E-state index contributed by atoms with van der Waals surface area (Å²) in [7, 11) is -2.86. The van der Waals surface area contributed by atoms with Crippen molar-refractivity contribution in [2.75, 3.05) is 17.9 Å². The topological polar surface area (TPSA) is 86.8 Å². The van der Waals surface area contributed by atoms with E-state index in [4.69, 9.17) is 0 Å². The SMILES string of the molecule is CNC(=O)C(C)N(Cc1ccccc1F)C(=O)CN(c1ccc(F)cc1)S(=O)(=O)c1ccc(C)cc1. The fraction of sp³-hybridized carbons (Fsp3) is 0.231. The first-order valence-electron chi connectivity index (χ1n) is 11.1. The standard InChI is InChI=1S/C26H27F2N3O4S/c1-18-8-14-23(15-9-18)36(34,35)31(22-12-10-21(27)11-13-22)17-25(32)30(19(2)26(33)29-3)16-20-6-4-5-7-24(20)28/h4-15,19H,16-17H2,1-3H3,(H,29,33). The van der Waals surface area contributed by atoms with Gasteiger partial charge in [-0.15, -0.1) is 0 Å². The van der Waals surface area contributed by atoms with Crippen LogP contribution in [-0.2, 0) is 26.2 Å². The molecule has 0 bridgehead atoms. The highest BCUT2D eigenvalue weighted by Gasteiger charge is 2.32. The zero-order valence-corrected chi connectivity index (χ0v) is 20.9. The second-order valence-corrected chi connectivity index (χ2v) is 10.1. The number of likely N-dealkylation sites (N-methyl/N-ethyl adjacent to an activating group) is 1. The molecule has 0 aliphatic heterocycles. The molecule has 7 nitrogen and oxygen atoms in total. The summed E-state index contributed by atoms with van der Waals surface area (Å²) in [6.07, 6.45) is 0. The first-order valence-corrected chi connectivity index (χ1v) is 12.6. The van der Waals surface area contributed by atoms with Gasteiger partial charge in [0.05, 0.1) is 10.6 Å². The van der Waals surface area contributed by atoms with E-state index >= 15 is 0 Å². The number of carbonyl (C=O) groups is 2. The quantitative estimate of drug-likeness (QED) is 0.472. The molecule has 0 aliphatic rings. The average molecular weight is 516 g/mol. The maximum atomic E-state index is 14.4. The third-order valence-electron chi connectivity index (χ3n) is 5.71. The van der Waals surface area contributed by atoms with E-state index < -0.39 is 46.1 Å². The molecule has 3 aromatic rings. The first kappa shape index (κ1) is 26.8. The molecule has 0 heterocycles. The van der Waals surface area contributed by atoms with E-state index in [-0.39, 0.29) is 22.7 Å². The molecule has 0 saturated carbocycles. The van der Waals surface area contributed by atoms with E-state index in [9.17, 15) is 26.8 Å². The fourth-order valence-corrected chi connectivity index (χ4v) is 4.99. The van der Waals surface area contributed by atoms with E-state index in [1.807, 2.05) is 0 Å². The number of aryl methyl sites for hydroxylation is 1. The summed E-state index contributed by atoms with van der Waals surface area (Å²) in [6.45, 7) is 2.31. The normalized spacial score (nSPS) is 12.0. The van der Waals surface area contributed by atoms with Gasteiger partial charge in [-0.25, -0.2) is 17.2 Å². The fourth-order valence-electron chi connectivity index (χ4n) is 3.58. The Labute approximate surface area is 209 Å². The number of benzene rings is 3. The number of nitrogens with zero attached hydrogens (tertiary/aromatic N) is 2. The van der Waals surface area contributed by atoms with Gasteiger partial charge in [0.2, 0.25) is 11.8 Å². The third kappa shape index (κ3) is 6.06. The average Bonchev–Trinajstić information content (AvgIpc) is 2.86. The van der Waals surface area contributed by atoms with Gasteiger partial charge in [-0.3, -0.25) is 13.9 Å². The Kier molecular flexibility index (Phi) is 8.41. The number of halogens is 2. The summed E-state index contributed by atoms with van der Waals surface area (Å²) in [5.41, 5.74) is 1.06. The second kappa shape index (κ2) is 11.3. The van der Waals surface area contributed by atoms with Crippen molar-refractivity contribution in [1.29, 1.82) is 0 Å². The molecule has 2 amide bonds. The van der Waals surface area contributed by atoms with Crippen molar-refractivity contribution < 1.29 is 26.8 Å². The lowest BCUT2D eigenvalue weighted by Crippen LogP contribution is -2.50. The summed E-state index contributed by atoms with van der Waals surface area (Å²) < 4.78 is 56.0. The van der Waals surface area contributed by atoms with Crippen LogP contribution in [0.4, 0.5) is 14.5 Å². The Morgan fingerprint density at radius 2 is 1.56 bits per heavy atom. The highest BCUT2D eigenvalue weighted by atomic mass is 32.2. The van der Waals surface area contributed by atoms with Crippen molar-refractivity contribution in [2.24, 2.45) is 0 Å². The van der Waals surface area contributed by atoms with E-state index in [0.717, 1.165) is 26.9 Å². The number of nitrogens with one attached hydrogen (secondary N) is 1. The summed E-state index contributed by atoms with van der Waals surface area (Å²) >= 11 is 0. The van der Waals surface area contributed by atoms with Crippen molar-refractivity contribution >= 4 is 27.5 Å². The minimum atomic E-state index is -4.26. The van der Waals surface area contributed by atoms with Crippen LogP contribution in [0, 0.1) is 18.6 Å².